The Hall–Kier alpha value is -3.53. The lowest BCUT2D eigenvalue weighted by Crippen LogP contribution is -2.54. The van der Waals surface area contributed by atoms with Gasteiger partial charge in [0, 0.05) is 34.6 Å². The minimum absolute atomic E-state index is 0.215. The average Bonchev–Trinajstić information content (AvgIpc) is 3.23. The molecule has 16 heteroatoms. The van der Waals surface area contributed by atoms with Crippen LogP contribution in [0, 0.1) is 4.64 Å². The van der Waals surface area contributed by atoms with Gasteiger partial charge in [0.1, 0.15) is 23.1 Å². The number of nitrogens with one attached hydrogen (secondary N) is 1. The van der Waals surface area contributed by atoms with Crippen molar-refractivity contribution in [3.05, 3.63) is 17.3 Å². The summed E-state index contributed by atoms with van der Waals surface area (Å²) < 4.78 is 28.7. The molecule has 1 N–H and O–H groups in total. The highest BCUT2D eigenvalue weighted by molar-refractivity contribution is 7.98. The third-order valence-electron chi connectivity index (χ3n) is 4.86. The first kappa shape index (κ1) is 30.7. The van der Waals surface area contributed by atoms with Crippen LogP contribution >= 0.6 is 24.0 Å². The first-order chi connectivity index (χ1) is 17.8. The van der Waals surface area contributed by atoms with Crippen molar-refractivity contribution in [2.75, 3.05) is 12.9 Å². The largest absolute Gasteiger partial charge is 0.462 e. The maximum atomic E-state index is 12.3. The maximum Gasteiger partial charge on any atom is 0.303 e. The zero-order valence-corrected chi connectivity index (χ0v) is 23.1. The molecule has 0 aliphatic carbocycles. The Morgan fingerprint density at radius 2 is 1.42 bits per heavy atom. The van der Waals surface area contributed by atoms with Crippen LogP contribution in [0.1, 0.15) is 40.0 Å². The monoisotopic (exact) mass is 572 g/mol. The molecule has 2 rings (SSSR count). The van der Waals surface area contributed by atoms with E-state index in [2.05, 4.69) is 15.0 Å². The van der Waals surface area contributed by atoms with Crippen molar-refractivity contribution in [2.45, 2.75) is 64.4 Å². The maximum absolute atomic E-state index is 12.3. The molecule has 14 nitrogen and oxygen atoms in total. The van der Waals surface area contributed by atoms with Crippen molar-refractivity contribution >= 4 is 65.0 Å². The van der Waals surface area contributed by atoms with Crippen LogP contribution in [0.5, 0.6) is 0 Å². The molecule has 0 saturated heterocycles. The van der Waals surface area contributed by atoms with Gasteiger partial charge in [-0.15, -0.1) is 11.8 Å². The van der Waals surface area contributed by atoms with Crippen molar-refractivity contribution < 1.29 is 47.7 Å². The highest BCUT2D eigenvalue weighted by Gasteiger charge is 2.47. The van der Waals surface area contributed by atoms with Gasteiger partial charge in [-0.25, -0.2) is 9.97 Å². The lowest BCUT2D eigenvalue weighted by atomic mass is 10.0. The summed E-state index contributed by atoms with van der Waals surface area (Å²) in [4.78, 5) is 71.3. The van der Waals surface area contributed by atoms with E-state index in [4.69, 9.17) is 35.9 Å². The van der Waals surface area contributed by atoms with Gasteiger partial charge in [-0.1, -0.05) is 12.2 Å². The van der Waals surface area contributed by atoms with Crippen LogP contribution in [-0.2, 0) is 47.7 Å². The van der Waals surface area contributed by atoms with Crippen molar-refractivity contribution in [3.63, 3.8) is 0 Å². The van der Waals surface area contributed by atoms with Crippen molar-refractivity contribution in [1.29, 1.82) is 0 Å². The quantitative estimate of drug-likeness (QED) is 0.220. The summed E-state index contributed by atoms with van der Waals surface area (Å²) in [5.41, 5.74) is 0.778. The molecule has 2 aromatic rings. The van der Waals surface area contributed by atoms with Gasteiger partial charge in [0.25, 0.3) is 0 Å². The Morgan fingerprint density at radius 1 is 0.868 bits per heavy atom. The number of H-pyrrole nitrogens is 1. The van der Waals surface area contributed by atoms with Gasteiger partial charge in [-0.3, -0.25) is 24.0 Å². The average molecular weight is 573 g/mol. The molecule has 0 aromatic carbocycles. The van der Waals surface area contributed by atoms with Crippen LogP contribution in [0.25, 0.3) is 11.2 Å². The Balaban J connectivity index is 2.73. The summed E-state index contributed by atoms with van der Waals surface area (Å²) in [6.45, 7) is 4.99. The number of hydrogen-bond acceptors (Lipinski definition) is 14. The molecule has 2 heterocycles. The molecule has 38 heavy (non-hydrogen) atoms. The lowest BCUT2D eigenvalue weighted by molar-refractivity contribution is -0.203. The summed E-state index contributed by atoms with van der Waals surface area (Å²) in [5.74, 6) is -3.92. The van der Waals surface area contributed by atoms with E-state index in [-0.39, 0.29) is 4.64 Å². The third-order valence-corrected chi connectivity index (χ3v) is 6.14. The Morgan fingerprint density at radius 3 is 1.95 bits per heavy atom. The van der Waals surface area contributed by atoms with E-state index < -0.39 is 66.2 Å². The fourth-order valence-corrected chi connectivity index (χ4v) is 4.69. The van der Waals surface area contributed by atoms with Crippen molar-refractivity contribution in [2.24, 2.45) is 0 Å². The topological polar surface area (TPSA) is 178 Å². The van der Waals surface area contributed by atoms with Crippen molar-refractivity contribution in [3.8, 4) is 0 Å². The first-order valence-corrected chi connectivity index (χ1v) is 12.8. The van der Waals surface area contributed by atoms with E-state index >= 15 is 0 Å². The van der Waals surface area contributed by atoms with E-state index in [0.29, 0.717) is 11.2 Å². The van der Waals surface area contributed by atoms with E-state index in [1.807, 2.05) is 0 Å². The van der Waals surface area contributed by atoms with Crippen molar-refractivity contribution in [1.82, 2.24) is 19.5 Å². The number of aromatic amines is 1. The second kappa shape index (κ2) is 13.9. The first-order valence-electron chi connectivity index (χ1n) is 11.1. The van der Waals surface area contributed by atoms with Crippen LogP contribution in [0.2, 0.25) is 0 Å². The highest BCUT2D eigenvalue weighted by atomic mass is 32.2. The number of ether oxygens (including phenoxy) is 5. The zero-order chi connectivity index (χ0) is 28.6. The minimum atomic E-state index is -1.56. The van der Waals surface area contributed by atoms with E-state index in [1.165, 1.54) is 24.4 Å². The molecule has 5 unspecified atom stereocenters. The van der Waals surface area contributed by atoms with Gasteiger partial charge < -0.3 is 33.2 Å². The number of carbonyl (C=O) groups is 5. The molecule has 0 fully saturated rings. The Labute approximate surface area is 226 Å². The highest BCUT2D eigenvalue weighted by Crippen LogP contribution is 2.35. The fraction of sp³-hybridized carbons (Fsp3) is 0.545. The predicted octanol–water partition coefficient (Wildman–Crippen LogP) is 1.64. The van der Waals surface area contributed by atoms with Gasteiger partial charge in [0.2, 0.25) is 0 Å². The summed E-state index contributed by atoms with van der Waals surface area (Å²) in [5, 5.41) is -0.855. The molecular weight excluding hydrogens is 544 g/mol. The van der Waals surface area contributed by atoms with Gasteiger partial charge in [-0.2, -0.15) is 0 Å². The van der Waals surface area contributed by atoms with Gasteiger partial charge >= 0.3 is 29.8 Å². The smallest absolute Gasteiger partial charge is 0.303 e. The molecule has 0 radical (unpaired) electrons. The predicted molar refractivity (Wildman–Crippen MR) is 134 cm³/mol. The molecule has 0 spiro atoms. The van der Waals surface area contributed by atoms with E-state index in [9.17, 15) is 24.0 Å². The summed E-state index contributed by atoms with van der Waals surface area (Å²) in [7, 11) is 0. The third kappa shape index (κ3) is 8.24. The SMILES string of the molecule is CSC(C(OC(C)=O)C(OC(C)=O)C(OC(C)=O)C(COC(C)=O)OC(C)=O)n1cnc2c(=S)nc[nH]c21. The number of rotatable bonds is 12. The number of nitrogens with zero attached hydrogens (tertiary/aromatic N) is 3. The molecule has 0 saturated carbocycles. The summed E-state index contributed by atoms with van der Waals surface area (Å²) in [6.07, 6.45) is -1.41. The van der Waals surface area contributed by atoms with Gasteiger partial charge in [0.05, 0.1) is 12.7 Å². The number of aromatic nitrogens is 4. The van der Waals surface area contributed by atoms with E-state index in [1.54, 1.807) is 10.8 Å². The number of hydrogen-bond donors (Lipinski definition) is 1. The zero-order valence-electron chi connectivity index (χ0n) is 21.5. The molecule has 5 atom stereocenters. The lowest BCUT2D eigenvalue weighted by Gasteiger charge is -2.38. The van der Waals surface area contributed by atoms with E-state index in [0.717, 1.165) is 34.6 Å². The molecular formula is C22H28N4O10S2. The standard InChI is InChI=1S/C22H28N4O10S2/c1-10(27)32-7-15(33-11(2)28)17(34-12(3)29)18(35-13(4)30)19(36-14(5)31)22(38-6)26-9-25-16-20(26)23-8-24-21(16)37/h8-9,15,17-19,22H,7H2,1-6H3,(H,23,24,37). The van der Waals surface area contributed by atoms with Gasteiger partial charge in [0.15, 0.2) is 29.1 Å². The van der Waals surface area contributed by atoms with Crippen LogP contribution in [-0.4, -0.2) is 86.6 Å². The second-order valence-corrected chi connectivity index (χ2v) is 9.20. The molecule has 208 valence electrons. The summed E-state index contributed by atoms with van der Waals surface area (Å²) in [6, 6.07) is 0. The van der Waals surface area contributed by atoms with Crippen LogP contribution in [0.4, 0.5) is 0 Å². The molecule has 0 aliphatic heterocycles. The molecule has 2 aromatic heterocycles. The second-order valence-electron chi connectivity index (χ2n) is 7.86. The number of carbonyl (C=O) groups excluding carboxylic acids is 5. The number of imidazole rings is 1. The summed E-state index contributed by atoms with van der Waals surface area (Å²) >= 11 is 6.41. The Kier molecular flexibility index (Phi) is 11.2. The normalized spacial score (nSPS) is 14.9. The Bertz CT molecular complexity index is 1250. The number of fused-ring (bicyclic) bond motifs is 1. The molecule has 0 aliphatic rings. The molecule has 0 bridgehead atoms. The van der Waals surface area contributed by atoms with Crippen LogP contribution < -0.4 is 0 Å². The van der Waals surface area contributed by atoms with Gasteiger partial charge in [-0.05, 0) is 6.26 Å². The minimum Gasteiger partial charge on any atom is -0.462 e. The van der Waals surface area contributed by atoms with Crippen LogP contribution in [0.3, 0.4) is 0 Å². The number of thioether (sulfide) groups is 1. The molecule has 0 amide bonds. The fourth-order valence-electron chi connectivity index (χ4n) is 3.62. The number of esters is 5. The van der Waals surface area contributed by atoms with Crippen LogP contribution in [0.15, 0.2) is 12.7 Å².